The van der Waals surface area contributed by atoms with Crippen molar-refractivity contribution in [3.63, 3.8) is 0 Å². The highest BCUT2D eigenvalue weighted by Gasteiger charge is 2.44. The van der Waals surface area contributed by atoms with Crippen molar-refractivity contribution in [1.29, 1.82) is 0 Å². The molecule has 0 aliphatic carbocycles. The van der Waals surface area contributed by atoms with Crippen LogP contribution in [0, 0.1) is 5.41 Å². The Labute approximate surface area is 157 Å². The molecule has 1 amide bonds. The van der Waals surface area contributed by atoms with E-state index in [1.165, 1.54) is 0 Å². The molecular formula is C18H23Cl2N3O2. The largest absolute Gasteiger partial charge is 0.508 e. The van der Waals surface area contributed by atoms with Gasteiger partial charge in [-0.1, -0.05) is 30.1 Å². The molecule has 0 radical (unpaired) electrons. The molecule has 0 saturated carbocycles. The van der Waals surface area contributed by atoms with Crippen LogP contribution in [0.25, 0.3) is 0 Å². The number of phenols is 1. The van der Waals surface area contributed by atoms with Gasteiger partial charge in [-0.3, -0.25) is 9.69 Å². The molecule has 4 rings (SSSR count). The summed E-state index contributed by atoms with van der Waals surface area (Å²) in [6.07, 6.45) is 0.810. The van der Waals surface area contributed by atoms with Crippen LogP contribution in [0.3, 0.4) is 0 Å². The summed E-state index contributed by atoms with van der Waals surface area (Å²) in [5.74, 6) is 0.366. The van der Waals surface area contributed by atoms with Crippen molar-refractivity contribution in [3.8, 4) is 5.75 Å². The van der Waals surface area contributed by atoms with E-state index in [2.05, 4.69) is 17.1 Å². The molecule has 0 aromatic heterocycles. The molecule has 25 heavy (non-hydrogen) atoms. The molecule has 3 aliphatic heterocycles. The zero-order valence-corrected chi connectivity index (χ0v) is 15.8. The van der Waals surface area contributed by atoms with E-state index in [0.29, 0.717) is 28.7 Å². The first-order valence-electron chi connectivity index (χ1n) is 8.76. The fourth-order valence-corrected chi connectivity index (χ4v) is 5.00. The number of halogens is 2. The molecule has 136 valence electrons. The topological polar surface area (TPSA) is 55.8 Å². The van der Waals surface area contributed by atoms with Crippen LogP contribution in [0.1, 0.15) is 24.8 Å². The van der Waals surface area contributed by atoms with Crippen LogP contribution in [-0.2, 0) is 4.79 Å². The number of carbonyl (C=O) groups excluding carboxylic acids is 1. The summed E-state index contributed by atoms with van der Waals surface area (Å²) in [6, 6.07) is 3.36. The van der Waals surface area contributed by atoms with Crippen molar-refractivity contribution >= 4 is 29.1 Å². The first-order chi connectivity index (χ1) is 11.9. The van der Waals surface area contributed by atoms with Crippen molar-refractivity contribution in [2.75, 3.05) is 39.3 Å². The Morgan fingerprint density at radius 3 is 2.76 bits per heavy atom. The smallest absolute Gasteiger partial charge is 0.237 e. The van der Waals surface area contributed by atoms with Gasteiger partial charge < -0.3 is 15.3 Å². The molecule has 7 heteroatoms. The van der Waals surface area contributed by atoms with E-state index in [9.17, 15) is 9.90 Å². The summed E-state index contributed by atoms with van der Waals surface area (Å²) in [5, 5.41) is 14.4. The van der Waals surface area contributed by atoms with Gasteiger partial charge in [-0.2, -0.15) is 0 Å². The lowest BCUT2D eigenvalue weighted by Gasteiger charge is -2.46. The fourth-order valence-electron chi connectivity index (χ4n) is 4.52. The number of nitrogens with zero attached hydrogens (tertiary/aromatic N) is 2. The number of benzene rings is 1. The third-order valence-corrected chi connectivity index (χ3v) is 6.61. The van der Waals surface area contributed by atoms with Crippen molar-refractivity contribution in [3.05, 3.63) is 27.7 Å². The number of nitrogens with one attached hydrogen (secondary N) is 1. The Hall–Kier alpha value is -1.01. The number of aromatic hydroxyl groups is 1. The highest BCUT2D eigenvalue weighted by Crippen LogP contribution is 2.43. The maximum Gasteiger partial charge on any atom is 0.237 e. The first-order valence-corrected chi connectivity index (χ1v) is 9.51. The molecule has 3 fully saturated rings. The van der Waals surface area contributed by atoms with Crippen LogP contribution in [-0.4, -0.2) is 66.1 Å². The maximum absolute atomic E-state index is 12.6. The predicted molar refractivity (Wildman–Crippen MR) is 98.4 cm³/mol. The van der Waals surface area contributed by atoms with Crippen molar-refractivity contribution in [1.82, 2.24) is 15.1 Å². The van der Waals surface area contributed by atoms with Gasteiger partial charge in [0.15, 0.2) is 0 Å². The summed E-state index contributed by atoms with van der Waals surface area (Å²) in [5.41, 5.74) is 0.952. The maximum atomic E-state index is 12.6. The minimum atomic E-state index is 0.0288. The predicted octanol–water partition coefficient (Wildman–Crippen LogP) is 2.31. The summed E-state index contributed by atoms with van der Waals surface area (Å²) < 4.78 is 0. The molecule has 5 nitrogen and oxygen atoms in total. The lowest BCUT2D eigenvalue weighted by atomic mass is 9.83. The van der Waals surface area contributed by atoms with Gasteiger partial charge in [0, 0.05) is 55.7 Å². The van der Waals surface area contributed by atoms with Gasteiger partial charge in [-0.15, -0.1) is 0 Å². The van der Waals surface area contributed by atoms with Gasteiger partial charge in [-0.05, 0) is 18.6 Å². The second-order valence-electron chi connectivity index (χ2n) is 8.01. The monoisotopic (exact) mass is 383 g/mol. The molecule has 0 bridgehead atoms. The second kappa shape index (κ2) is 6.31. The van der Waals surface area contributed by atoms with Gasteiger partial charge in [0.1, 0.15) is 5.75 Å². The van der Waals surface area contributed by atoms with Gasteiger partial charge in [-0.25, -0.2) is 0 Å². The van der Waals surface area contributed by atoms with Crippen LogP contribution in [0.2, 0.25) is 10.0 Å². The van der Waals surface area contributed by atoms with Gasteiger partial charge in [0.05, 0.1) is 16.6 Å². The molecule has 3 heterocycles. The fraction of sp³-hybridized carbons (Fsp3) is 0.611. The minimum Gasteiger partial charge on any atom is -0.508 e. The lowest BCUT2D eigenvalue weighted by molar-refractivity contribution is -0.138. The minimum absolute atomic E-state index is 0.0288. The zero-order valence-electron chi connectivity index (χ0n) is 14.3. The van der Waals surface area contributed by atoms with E-state index >= 15 is 0 Å². The molecule has 0 spiro atoms. The Bertz CT molecular complexity index is 708. The van der Waals surface area contributed by atoms with E-state index in [1.54, 1.807) is 12.1 Å². The van der Waals surface area contributed by atoms with E-state index in [0.717, 1.165) is 32.6 Å². The Balaban J connectivity index is 1.51. The average Bonchev–Trinajstić information content (AvgIpc) is 2.94. The van der Waals surface area contributed by atoms with Gasteiger partial charge in [0.2, 0.25) is 5.91 Å². The number of phenolic OH excluding ortho intramolecular Hbond substituents is 1. The summed E-state index contributed by atoms with van der Waals surface area (Å²) in [4.78, 5) is 16.9. The first kappa shape index (κ1) is 17.4. The van der Waals surface area contributed by atoms with Gasteiger partial charge >= 0.3 is 0 Å². The van der Waals surface area contributed by atoms with E-state index in [4.69, 9.17) is 23.2 Å². The number of piperazine rings is 1. The molecule has 0 unspecified atom stereocenters. The standard InChI is InChI=1S/C18H23Cl2N3O2/c1-18(8-21-9-18)10-22-6-12-4-11(5-23(12)15(25)7-22)16-14(24)3-2-13(19)17(16)20/h2-3,11-12,21,24H,4-10H2,1H3/t11-,12-/m0/s1. The lowest BCUT2D eigenvalue weighted by Crippen LogP contribution is -2.61. The Kier molecular flexibility index (Phi) is 4.39. The normalized spacial score (nSPS) is 28.8. The molecule has 1 aromatic rings. The van der Waals surface area contributed by atoms with Crippen molar-refractivity contribution in [2.24, 2.45) is 5.41 Å². The van der Waals surface area contributed by atoms with Crippen molar-refractivity contribution in [2.45, 2.75) is 25.3 Å². The molecule has 2 N–H and O–H groups in total. The highest BCUT2D eigenvalue weighted by atomic mass is 35.5. The quantitative estimate of drug-likeness (QED) is 0.840. The third kappa shape index (κ3) is 3.12. The number of rotatable bonds is 3. The molecule has 3 saturated heterocycles. The summed E-state index contributed by atoms with van der Waals surface area (Å²) >= 11 is 12.5. The number of amides is 1. The Morgan fingerprint density at radius 1 is 1.32 bits per heavy atom. The second-order valence-corrected chi connectivity index (χ2v) is 8.80. The molecule has 1 aromatic carbocycles. The summed E-state index contributed by atoms with van der Waals surface area (Å²) in [7, 11) is 0. The van der Waals surface area contributed by atoms with Crippen LogP contribution < -0.4 is 5.32 Å². The summed E-state index contributed by atoms with van der Waals surface area (Å²) in [6.45, 7) is 7.21. The van der Waals surface area contributed by atoms with E-state index < -0.39 is 0 Å². The Morgan fingerprint density at radius 2 is 2.08 bits per heavy atom. The molecule has 3 aliphatic rings. The number of hydrogen-bond acceptors (Lipinski definition) is 4. The van der Waals surface area contributed by atoms with E-state index in [-0.39, 0.29) is 29.0 Å². The van der Waals surface area contributed by atoms with Gasteiger partial charge in [0.25, 0.3) is 0 Å². The zero-order chi connectivity index (χ0) is 17.8. The molecular weight excluding hydrogens is 361 g/mol. The van der Waals surface area contributed by atoms with E-state index in [1.807, 2.05) is 4.90 Å². The van der Waals surface area contributed by atoms with Crippen LogP contribution in [0.4, 0.5) is 0 Å². The van der Waals surface area contributed by atoms with Crippen LogP contribution >= 0.6 is 23.2 Å². The molecule has 2 atom stereocenters. The van der Waals surface area contributed by atoms with Crippen molar-refractivity contribution < 1.29 is 9.90 Å². The average molecular weight is 384 g/mol. The SMILES string of the molecule is CC1(CN2CC(=O)N3C[C@@H](c4c(O)ccc(Cl)c4Cl)C[C@H]3C2)CNC1. The number of hydrogen-bond donors (Lipinski definition) is 2. The van der Waals surface area contributed by atoms with Crippen LogP contribution in [0.5, 0.6) is 5.75 Å². The number of carbonyl (C=O) groups is 1. The third-order valence-electron chi connectivity index (χ3n) is 5.79. The number of fused-ring (bicyclic) bond motifs is 1. The van der Waals surface area contributed by atoms with Crippen LogP contribution in [0.15, 0.2) is 12.1 Å². The highest BCUT2D eigenvalue weighted by molar-refractivity contribution is 6.42.